The fourth-order valence-corrected chi connectivity index (χ4v) is 2.28. The molecule has 1 aromatic carbocycles. The maximum atomic E-state index is 11.9. The van der Waals surface area contributed by atoms with Crippen LogP contribution < -0.4 is 0 Å². The van der Waals surface area contributed by atoms with Gasteiger partial charge >= 0.3 is 17.1 Å². The van der Waals surface area contributed by atoms with Gasteiger partial charge in [-0.2, -0.15) is 0 Å². The predicted octanol–water partition coefficient (Wildman–Crippen LogP) is 3.04. The minimum absolute atomic E-state index is 0. The van der Waals surface area contributed by atoms with E-state index in [0.29, 0.717) is 5.57 Å². The predicted molar refractivity (Wildman–Crippen MR) is 63.2 cm³/mol. The van der Waals surface area contributed by atoms with Crippen molar-refractivity contribution in [2.45, 2.75) is 25.7 Å². The Balaban J connectivity index is 0.00000144. The van der Waals surface area contributed by atoms with Crippen molar-refractivity contribution in [3.05, 3.63) is 47.7 Å². The van der Waals surface area contributed by atoms with Gasteiger partial charge in [0, 0.05) is 11.5 Å². The Hall–Kier alpha value is -1.05. The van der Waals surface area contributed by atoms with Gasteiger partial charge in [0.25, 0.3) is 0 Å². The molecule has 0 amide bonds. The Labute approximate surface area is 112 Å². The van der Waals surface area contributed by atoms with Gasteiger partial charge in [-0.3, -0.25) is 4.79 Å². The number of carbonyl (C=O) groups excluding carboxylic acids is 1. The zero-order valence-electron chi connectivity index (χ0n) is 9.53. The van der Waals surface area contributed by atoms with E-state index < -0.39 is 0 Å². The van der Waals surface area contributed by atoms with Crippen molar-refractivity contribution >= 4 is 5.78 Å². The number of hydrogen-bond acceptors (Lipinski definition) is 2. The van der Waals surface area contributed by atoms with Gasteiger partial charge in [-0.05, 0) is 31.2 Å². The molecule has 1 atom stereocenters. The average molecular weight is 280 g/mol. The van der Waals surface area contributed by atoms with Gasteiger partial charge < -0.3 is 5.11 Å². The first-order chi connectivity index (χ1) is 7.81. The summed E-state index contributed by atoms with van der Waals surface area (Å²) in [5, 5.41) is 8.96. The normalized spacial score (nSPS) is 22.2. The molecule has 1 saturated carbocycles. The fourth-order valence-electron chi connectivity index (χ4n) is 2.28. The first-order valence-electron chi connectivity index (χ1n) is 5.72. The molecule has 1 N–H and O–H groups in total. The summed E-state index contributed by atoms with van der Waals surface area (Å²) < 4.78 is 0. The zero-order valence-corrected chi connectivity index (χ0v) is 10.5. The third kappa shape index (κ3) is 3.45. The SMILES string of the molecule is O=C1/C(=C/O)CCCC1Cc1ccccc1.[Cu+2]. The Kier molecular flexibility index (Phi) is 5.46. The monoisotopic (exact) mass is 279 g/mol. The molecule has 17 heavy (non-hydrogen) atoms. The molecule has 0 aromatic heterocycles. The van der Waals surface area contributed by atoms with Gasteiger partial charge in [0.05, 0.1) is 6.26 Å². The molecular weight excluding hydrogens is 264 g/mol. The molecule has 2 rings (SSSR count). The molecule has 1 unspecified atom stereocenters. The van der Waals surface area contributed by atoms with E-state index in [1.54, 1.807) is 0 Å². The molecule has 0 spiro atoms. The Bertz CT molecular complexity index is 398. The van der Waals surface area contributed by atoms with E-state index in [-0.39, 0.29) is 28.8 Å². The molecule has 0 saturated heterocycles. The van der Waals surface area contributed by atoms with Gasteiger partial charge in [-0.15, -0.1) is 0 Å². The second-order valence-corrected chi connectivity index (χ2v) is 4.30. The number of hydrogen-bond donors (Lipinski definition) is 1. The van der Waals surface area contributed by atoms with Crippen LogP contribution in [0.15, 0.2) is 42.2 Å². The number of Topliss-reactive ketones (excluding diaryl/α,β-unsaturated/α-hetero) is 1. The van der Waals surface area contributed by atoms with Crippen LogP contribution in [-0.4, -0.2) is 10.9 Å². The van der Waals surface area contributed by atoms with Crippen LogP contribution in [0.4, 0.5) is 0 Å². The van der Waals surface area contributed by atoms with Gasteiger partial charge in [-0.25, -0.2) is 0 Å². The second-order valence-electron chi connectivity index (χ2n) is 4.30. The number of aliphatic hydroxyl groups is 1. The molecule has 93 valence electrons. The standard InChI is InChI=1S/C14H16O2.Cu/c15-10-13-8-4-7-12(14(13)16)9-11-5-2-1-3-6-11;/h1-3,5-6,10,12,15H,4,7-9H2;/q;+2/b13-10+;. The summed E-state index contributed by atoms with van der Waals surface area (Å²) in [6, 6.07) is 10.1. The maximum Gasteiger partial charge on any atom is 2.00 e. The average Bonchev–Trinajstić information content (AvgIpc) is 2.33. The van der Waals surface area contributed by atoms with Gasteiger partial charge in [0.1, 0.15) is 0 Å². The van der Waals surface area contributed by atoms with E-state index in [1.165, 1.54) is 5.56 Å². The van der Waals surface area contributed by atoms with Crippen molar-refractivity contribution in [3.8, 4) is 0 Å². The first kappa shape index (κ1) is 14.0. The third-order valence-corrected chi connectivity index (χ3v) is 3.17. The summed E-state index contributed by atoms with van der Waals surface area (Å²) in [7, 11) is 0. The van der Waals surface area contributed by atoms with Crippen LogP contribution in [0.2, 0.25) is 0 Å². The molecule has 0 heterocycles. The molecule has 1 aliphatic rings. The van der Waals surface area contributed by atoms with Crippen LogP contribution >= 0.6 is 0 Å². The van der Waals surface area contributed by atoms with Crippen LogP contribution in [0, 0.1) is 5.92 Å². The number of aliphatic hydroxyl groups excluding tert-OH is 1. The van der Waals surface area contributed by atoms with Crippen molar-refractivity contribution in [1.82, 2.24) is 0 Å². The van der Waals surface area contributed by atoms with E-state index in [2.05, 4.69) is 0 Å². The number of ketones is 1. The molecule has 0 aliphatic heterocycles. The molecule has 2 nitrogen and oxygen atoms in total. The first-order valence-corrected chi connectivity index (χ1v) is 5.72. The maximum absolute atomic E-state index is 11.9. The molecule has 0 bridgehead atoms. The third-order valence-electron chi connectivity index (χ3n) is 3.17. The van der Waals surface area contributed by atoms with E-state index in [0.717, 1.165) is 31.9 Å². The van der Waals surface area contributed by atoms with Crippen molar-refractivity contribution in [1.29, 1.82) is 0 Å². The number of allylic oxidation sites excluding steroid dienone is 1. The summed E-state index contributed by atoms with van der Waals surface area (Å²) >= 11 is 0. The second kappa shape index (κ2) is 6.63. The van der Waals surface area contributed by atoms with Gasteiger partial charge in [0.15, 0.2) is 5.78 Å². The molecule has 1 aliphatic carbocycles. The minimum atomic E-state index is 0. The molecular formula is C14H16CuO2+2. The van der Waals surface area contributed by atoms with Gasteiger partial charge in [-0.1, -0.05) is 30.3 Å². The summed E-state index contributed by atoms with van der Waals surface area (Å²) in [6.45, 7) is 0. The summed E-state index contributed by atoms with van der Waals surface area (Å²) in [6.07, 6.45) is 4.43. The minimum Gasteiger partial charge on any atom is -0.515 e. The summed E-state index contributed by atoms with van der Waals surface area (Å²) in [5.74, 6) is 0.173. The zero-order chi connectivity index (χ0) is 11.4. The quantitative estimate of drug-likeness (QED) is 0.513. The molecule has 1 aromatic rings. The van der Waals surface area contributed by atoms with Crippen molar-refractivity contribution < 1.29 is 27.0 Å². The van der Waals surface area contributed by atoms with Crippen LogP contribution in [-0.2, 0) is 28.3 Å². The van der Waals surface area contributed by atoms with Crippen LogP contribution in [0.1, 0.15) is 24.8 Å². The smallest absolute Gasteiger partial charge is 0.515 e. The van der Waals surface area contributed by atoms with Crippen LogP contribution in [0.5, 0.6) is 0 Å². The number of rotatable bonds is 2. The van der Waals surface area contributed by atoms with E-state index in [1.807, 2.05) is 30.3 Å². The fraction of sp³-hybridized carbons (Fsp3) is 0.357. The van der Waals surface area contributed by atoms with E-state index in [9.17, 15) is 4.79 Å². The molecule has 1 fully saturated rings. The molecule has 3 heteroatoms. The Morgan fingerprint density at radius 2 is 2.00 bits per heavy atom. The number of carbonyl (C=O) groups is 1. The summed E-state index contributed by atoms with van der Waals surface area (Å²) in [5.41, 5.74) is 1.78. The molecule has 1 radical (unpaired) electrons. The Morgan fingerprint density at radius 3 is 2.65 bits per heavy atom. The topological polar surface area (TPSA) is 37.3 Å². The van der Waals surface area contributed by atoms with E-state index >= 15 is 0 Å². The van der Waals surface area contributed by atoms with Crippen LogP contribution in [0.3, 0.4) is 0 Å². The number of benzene rings is 1. The summed E-state index contributed by atoms with van der Waals surface area (Å²) in [4.78, 5) is 11.9. The van der Waals surface area contributed by atoms with Crippen molar-refractivity contribution in [3.63, 3.8) is 0 Å². The van der Waals surface area contributed by atoms with Crippen molar-refractivity contribution in [2.75, 3.05) is 0 Å². The Morgan fingerprint density at radius 1 is 1.29 bits per heavy atom. The van der Waals surface area contributed by atoms with Crippen LogP contribution in [0.25, 0.3) is 0 Å². The van der Waals surface area contributed by atoms with Gasteiger partial charge in [0.2, 0.25) is 0 Å². The van der Waals surface area contributed by atoms with E-state index in [4.69, 9.17) is 5.11 Å². The largest absolute Gasteiger partial charge is 2.00 e. The van der Waals surface area contributed by atoms with Crippen molar-refractivity contribution in [2.24, 2.45) is 5.92 Å².